The fraction of sp³-hybridized carbons (Fsp3) is 0.273. The first kappa shape index (κ1) is 20.2. The average molecular weight is 440 g/mol. The van der Waals surface area contributed by atoms with Crippen molar-refractivity contribution in [3.05, 3.63) is 65.1 Å². The Morgan fingerprint density at radius 2 is 1.88 bits per heavy atom. The maximum Gasteiger partial charge on any atom is 0.433 e. The van der Waals surface area contributed by atoms with Crippen molar-refractivity contribution in [2.75, 3.05) is 6.54 Å². The summed E-state index contributed by atoms with van der Waals surface area (Å²) in [6.45, 7) is 0.723. The summed E-state index contributed by atoms with van der Waals surface area (Å²) in [6.07, 6.45) is -2.30. The Hall–Kier alpha value is -3.69. The molecule has 0 fully saturated rings. The van der Waals surface area contributed by atoms with Crippen molar-refractivity contribution in [2.24, 2.45) is 14.1 Å². The van der Waals surface area contributed by atoms with Crippen LogP contribution in [0.15, 0.2) is 42.6 Å². The molecule has 0 aliphatic carbocycles. The number of amides is 1. The number of carbonyl (C=O) groups is 1. The molecular weight excluding hydrogens is 421 g/mol. The Morgan fingerprint density at radius 1 is 1.06 bits per heavy atom. The molecule has 0 atom stereocenters. The molecule has 1 aliphatic rings. The Kier molecular flexibility index (Phi) is 4.54. The SMILES string of the molecule is Cn1nc(-c2c3c(nn2C)CN(C(=O)c2ccc4ncccc4c2)CC3)cc1C(F)(F)F. The van der Waals surface area contributed by atoms with Gasteiger partial charge in [0.1, 0.15) is 11.4 Å². The van der Waals surface area contributed by atoms with Crippen LogP contribution in [0.5, 0.6) is 0 Å². The molecule has 3 aromatic heterocycles. The topological polar surface area (TPSA) is 68.8 Å². The van der Waals surface area contributed by atoms with Gasteiger partial charge < -0.3 is 4.90 Å². The van der Waals surface area contributed by atoms with Crippen LogP contribution in [-0.4, -0.2) is 41.9 Å². The molecule has 0 radical (unpaired) electrons. The van der Waals surface area contributed by atoms with E-state index in [0.717, 1.165) is 27.2 Å². The number of alkyl halides is 3. The lowest BCUT2D eigenvalue weighted by Gasteiger charge is -2.26. The third-order valence-corrected chi connectivity index (χ3v) is 5.75. The van der Waals surface area contributed by atoms with Crippen LogP contribution in [0, 0.1) is 0 Å². The second kappa shape index (κ2) is 7.18. The summed E-state index contributed by atoms with van der Waals surface area (Å²) in [7, 11) is 2.95. The molecule has 7 nitrogen and oxygen atoms in total. The summed E-state index contributed by atoms with van der Waals surface area (Å²) in [4.78, 5) is 19.1. The number of hydrogen-bond acceptors (Lipinski definition) is 4. The number of aryl methyl sites for hydroxylation is 2. The van der Waals surface area contributed by atoms with Crippen molar-refractivity contribution in [2.45, 2.75) is 19.1 Å². The number of aromatic nitrogens is 5. The van der Waals surface area contributed by atoms with Crippen molar-refractivity contribution in [1.82, 2.24) is 29.4 Å². The first-order valence-electron chi connectivity index (χ1n) is 10.0. The summed E-state index contributed by atoms with van der Waals surface area (Å²) in [5, 5.41) is 9.44. The second-order valence-corrected chi connectivity index (χ2v) is 7.82. The molecule has 4 heterocycles. The van der Waals surface area contributed by atoms with Crippen LogP contribution in [0.4, 0.5) is 13.2 Å². The fourth-order valence-corrected chi connectivity index (χ4v) is 4.25. The monoisotopic (exact) mass is 440 g/mol. The molecule has 0 saturated heterocycles. The number of fused-ring (bicyclic) bond motifs is 2. The summed E-state index contributed by atoms with van der Waals surface area (Å²) in [5.74, 6) is -0.120. The number of nitrogens with zero attached hydrogens (tertiary/aromatic N) is 6. The van der Waals surface area contributed by atoms with E-state index in [4.69, 9.17) is 0 Å². The predicted octanol–water partition coefficient (Wildman–Crippen LogP) is 3.59. The van der Waals surface area contributed by atoms with Gasteiger partial charge in [-0.3, -0.25) is 19.1 Å². The van der Waals surface area contributed by atoms with Crippen LogP contribution in [0.3, 0.4) is 0 Å². The molecule has 1 aliphatic heterocycles. The van der Waals surface area contributed by atoms with E-state index in [1.165, 1.54) is 7.05 Å². The van der Waals surface area contributed by atoms with Gasteiger partial charge in [-0.2, -0.15) is 23.4 Å². The largest absolute Gasteiger partial charge is 0.433 e. The van der Waals surface area contributed by atoms with Crippen molar-refractivity contribution >= 4 is 16.8 Å². The molecule has 10 heteroatoms. The van der Waals surface area contributed by atoms with Gasteiger partial charge in [-0.25, -0.2) is 0 Å². The number of rotatable bonds is 2. The number of carbonyl (C=O) groups excluding carboxylic acids is 1. The molecule has 32 heavy (non-hydrogen) atoms. The van der Waals surface area contributed by atoms with Gasteiger partial charge in [0.25, 0.3) is 5.91 Å². The number of hydrogen-bond donors (Lipinski definition) is 0. The quantitative estimate of drug-likeness (QED) is 0.478. The lowest BCUT2D eigenvalue weighted by atomic mass is 10.0. The number of halogens is 3. The summed E-state index contributed by atoms with van der Waals surface area (Å²) >= 11 is 0. The minimum atomic E-state index is -4.49. The van der Waals surface area contributed by atoms with Gasteiger partial charge in [-0.15, -0.1) is 0 Å². The summed E-state index contributed by atoms with van der Waals surface area (Å²) < 4.78 is 42.0. The van der Waals surface area contributed by atoms with E-state index in [1.807, 2.05) is 24.3 Å². The number of benzene rings is 1. The van der Waals surface area contributed by atoms with Crippen LogP contribution in [0.1, 0.15) is 27.3 Å². The minimum Gasteiger partial charge on any atom is -0.332 e. The minimum absolute atomic E-state index is 0.120. The molecule has 0 N–H and O–H groups in total. The van der Waals surface area contributed by atoms with Crippen LogP contribution >= 0.6 is 0 Å². The molecular formula is C22H19F3N6O. The van der Waals surface area contributed by atoms with E-state index in [9.17, 15) is 18.0 Å². The highest BCUT2D eigenvalue weighted by molar-refractivity contribution is 5.98. The highest BCUT2D eigenvalue weighted by Crippen LogP contribution is 2.35. The Morgan fingerprint density at radius 3 is 2.62 bits per heavy atom. The average Bonchev–Trinajstić information content (AvgIpc) is 3.30. The van der Waals surface area contributed by atoms with E-state index in [0.29, 0.717) is 29.9 Å². The van der Waals surface area contributed by atoms with Crippen molar-refractivity contribution < 1.29 is 18.0 Å². The Balaban J connectivity index is 1.44. The highest BCUT2D eigenvalue weighted by atomic mass is 19.4. The third kappa shape index (κ3) is 3.31. The van der Waals surface area contributed by atoms with Gasteiger partial charge >= 0.3 is 6.18 Å². The van der Waals surface area contributed by atoms with Crippen molar-refractivity contribution in [3.63, 3.8) is 0 Å². The van der Waals surface area contributed by atoms with Gasteiger partial charge in [-0.1, -0.05) is 6.07 Å². The molecule has 164 valence electrons. The van der Waals surface area contributed by atoms with E-state index in [1.54, 1.807) is 28.9 Å². The van der Waals surface area contributed by atoms with Gasteiger partial charge in [0, 0.05) is 43.4 Å². The molecule has 5 rings (SSSR count). The molecule has 0 saturated carbocycles. The second-order valence-electron chi connectivity index (χ2n) is 7.82. The molecule has 1 aromatic carbocycles. The van der Waals surface area contributed by atoms with E-state index < -0.39 is 11.9 Å². The lowest BCUT2D eigenvalue weighted by Crippen LogP contribution is -2.36. The van der Waals surface area contributed by atoms with Crippen LogP contribution in [0.2, 0.25) is 0 Å². The standard InChI is InChI=1S/C22H19F3N6O/c1-29-19(22(23,24)25)11-17(27-29)20-15-7-9-31(12-18(15)28-30(20)2)21(32)14-5-6-16-13(10-14)4-3-8-26-16/h3-6,8,10-11H,7,9,12H2,1-2H3. The van der Waals surface area contributed by atoms with Crippen LogP contribution < -0.4 is 0 Å². The molecule has 0 spiro atoms. The molecule has 0 unspecified atom stereocenters. The van der Waals surface area contributed by atoms with E-state index >= 15 is 0 Å². The lowest BCUT2D eigenvalue weighted by molar-refractivity contribution is -0.143. The van der Waals surface area contributed by atoms with E-state index in [-0.39, 0.29) is 18.1 Å². The van der Waals surface area contributed by atoms with Crippen molar-refractivity contribution in [1.29, 1.82) is 0 Å². The third-order valence-electron chi connectivity index (χ3n) is 5.75. The first-order valence-corrected chi connectivity index (χ1v) is 10.0. The maximum atomic E-state index is 13.2. The summed E-state index contributed by atoms with van der Waals surface area (Å²) in [6, 6.07) is 10.1. The Labute approximate surface area is 181 Å². The smallest absolute Gasteiger partial charge is 0.332 e. The van der Waals surface area contributed by atoms with Gasteiger partial charge in [0.2, 0.25) is 0 Å². The molecule has 0 bridgehead atoms. The zero-order valence-electron chi connectivity index (χ0n) is 17.4. The molecule has 1 amide bonds. The van der Waals surface area contributed by atoms with Crippen molar-refractivity contribution in [3.8, 4) is 11.4 Å². The zero-order chi connectivity index (χ0) is 22.6. The predicted molar refractivity (Wildman–Crippen MR) is 111 cm³/mol. The first-order chi connectivity index (χ1) is 15.2. The van der Waals surface area contributed by atoms with Gasteiger partial charge in [0.05, 0.1) is 23.4 Å². The van der Waals surface area contributed by atoms with Gasteiger partial charge in [0.15, 0.2) is 0 Å². The normalized spacial score (nSPS) is 14.1. The fourth-order valence-electron chi connectivity index (χ4n) is 4.25. The maximum absolute atomic E-state index is 13.2. The van der Waals surface area contributed by atoms with Crippen LogP contribution in [0.25, 0.3) is 22.3 Å². The number of pyridine rings is 1. The zero-order valence-corrected chi connectivity index (χ0v) is 17.4. The van der Waals surface area contributed by atoms with E-state index in [2.05, 4.69) is 15.2 Å². The highest BCUT2D eigenvalue weighted by Gasteiger charge is 2.36. The Bertz CT molecular complexity index is 1350. The van der Waals surface area contributed by atoms with Crippen LogP contribution in [-0.2, 0) is 33.2 Å². The van der Waals surface area contributed by atoms with Gasteiger partial charge in [-0.05, 0) is 36.8 Å². The molecule has 4 aromatic rings. The summed E-state index contributed by atoms with van der Waals surface area (Å²) in [5.41, 5.74) is 2.82.